The zero-order valence-electron chi connectivity index (χ0n) is 11.5. The molecule has 2 aromatic heterocycles. The molecule has 2 heterocycles. The van der Waals surface area contributed by atoms with Gasteiger partial charge in [-0.25, -0.2) is 0 Å². The summed E-state index contributed by atoms with van der Waals surface area (Å²) in [5.74, 6) is 1.16. The lowest BCUT2D eigenvalue weighted by molar-refractivity contribution is 0.0833. The molecular weight excluding hydrogens is 270 g/mol. The first-order chi connectivity index (χ1) is 10.3. The van der Waals surface area contributed by atoms with Crippen molar-refractivity contribution in [3.8, 4) is 11.5 Å². The molecule has 3 N–H and O–H groups in total. The van der Waals surface area contributed by atoms with E-state index in [4.69, 9.17) is 15.0 Å². The van der Waals surface area contributed by atoms with Crippen LogP contribution in [0.1, 0.15) is 24.4 Å². The number of nitrogen functional groups attached to an aromatic ring is 1. The Morgan fingerprint density at radius 3 is 2.81 bits per heavy atom. The van der Waals surface area contributed by atoms with E-state index in [0.29, 0.717) is 29.7 Å². The summed E-state index contributed by atoms with van der Waals surface area (Å²) in [4.78, 5) is 4.37. The number of H-pyrrole nitrogens is 1. The summed E-state index contributed by atoms with van der Waals surface area (Å²) >= 11 is 0. The van der Waals surface area contributed by atoms with Crippen LogP contribution >= 0.6 is 0 Å². The number of nitrogens with two attached hydrogens (primary N) is 1. The van der Waals surface area contributed by atoms with E-state index < -0.39 is 0 Å². The Kier molecular flexibility index (Phi) is 3.65. The quantitative estimate of drug-likeness (QED) is 0.744. The van der Waals surface area contributed by atoms with Crippen LogP contribution < -0.4 is 5.73 Å². The van der Waals surface area contributed by atoms with E-state index in [0.717, 1.165) is 5.56 Å². The molecule has 7 heteroatoms. The van der Waals surface area contributed by atoms with E-state index in [-0.39, 0.29) is 6.10 Å². The highest BCUT2D eigenvalue weighted by Crippen LogP contribution is 2.27. The maximum absolute atomic E-state index is 5.75. The highest BCUT2D eigenvalue weighted by Gasteiger charge is 2.22. The van der Waals surface area contributed by atoms with Gasteiger partial charge in [-0.15, -0.1) is 0 Å². The summed E-state index contributed by atoms with van der Waals surface area (Å²) < 4.78 is 11.0. The van der Waals surface area contributed by atoms with Crippen LogP contribution in [0.3, 0.4) is 0 Å². The van der Waals surface area contributed by atoms with Crippen LogP contribution in [0.4, 0.5) is 5.82 Å². The fourth-order valence-corrected chi connectivity index (χ4v) is 2.03. The Bertz CT molecular complexity index is 707. The number of nitrogens with zero attached hydrogens (tertiary/aromatic N) is 3. The molecule has 21 heavy (non-hydrogen) atoms. The number of nitrogens with one attached hydrogen (secondary N) is 1. The number of aromatic amines is 1. The van der Waals surface area contributed by atoms with Crippen molar-refractivity contribution in [2.24, 2.45) is 0 Å². The second-order valence-corrected chi connectivity index (χ2v) is 4.40. The second kappa shape index (κ2) is 5.76. The van der Waals surface area contributed by atoms with Crippen LogP contribution in [0.25, 0.3) is 11.5 Å². The molecular formula is C14H15N5O2. The van der Waals surface area contributed by atoms with Gasteiger partial charge in [0, 0.05) is 6.61 Å². The fourth-order valence-electron chi connectivity index (χ4n) is 2.03. The van der Waals surface area contributed by atoms with E-state index in [9.17, 15) is 0 Å². The van der Waals surface area contributed by atoms with Crippen LogP contribution in [0, 0.1) is 0 Å². The highest BCUT2D eigenvalue weighted by atomic mass is 16.5. The van der Waals surface area contributed by atoms with Gasteiger partial charge >= 0.3 is 0 Å². The number of benzene rings is 1. The van der Waals surface area contributed by atoms with Crippen LogP contribution in [-0.4, -0.2) is 26.9 Å². The van der Waals surface area contributed by atoms with Gasteiger partial charge in [-0.2, -0.15) is 10.1 Å². The maximum atomic E-state index is 5.75. The Morgan fingerprint density at radius 2 is 2.14 bits per heavy atom. The average molecular weight is 285 g/mol. The Labute approximate surface area is 121 Å². The predicted octanol–water partition coefficient (Wildman–Crippen LogP) is 2.17. The molecule has 3 rings (SSSR count). The molecule has 0 saturated carbocycles. The summed E-state index contributed by atoms with van der Waals surface area (Å²) in [7, 11) is 0. The average Bonchev–Trinajstić information content (AvgIpc) is 3.14. The fraction of sp³-hybridized carbons (Fsp3) is 0.214. The summed E-state index contributed by atoms with van der Waals surface area (Å²) in [6.45, 7) is 2.46. The minimum atomic E-state index is -0.373. The van der Waals surface area contributed by atoms with Crippen molar-refractivity contribution in [2.75, 3.05) is 12.3 Å². The number of hydrogen-bond acceptors (Lipinski definition) is 6. The standard InChI is InChI=1S/C14H15N5O2/c1-2-20-11(9-6-4-3-5-7-9)13-17-14(21-19-13)10-8-16-18-12(10)15/h3-8,11H,2H2,1H3,(H3,15,16,18). The van der Waals surface area contributed by atoms with Crippen molar-refractivity contribution < 1.29 is 9.26 Å². The minimum Gasteiger partial charge on any atom is -0.383 e. The Hall–Kier alpha value is -2.67. The van der Waals surface area contributed by atoms with E-state index >= 15 is 0 Å². The van der Waals surface area contributed by atoms with Gasteiger partial charge in [0.15, 0.2) is 0 Å². The Morgan fingerprint density at radius 1 is 1.33 bits per heavy atom. The lowest BCUT2D eigenvalue weighted by Gasteiger charge is -2.13. The predicted molar refractivity (Wildman–Crippen MR) is 76.2 cm³/mol. The van der Waals surface area contributed by atoms with Crippen LogP contribution in [0.2, 0.25) is 0 Å². The molecule has 0 amide bonds. The molecule has 0 aliphatic rings. The van der Waals surface area contributed by atoms with E-state index in [1.165, 1.54) is 0 Å². The molecule has 0 radical (unpaired) electrons. The largest absolute Gasteiger partial charge is 0.383 e. The first-order valence-electron chi connectivity index (χ1n) is 6.59. The summed E-state index contributed by atoms with van der Waals surface area (Å²) in [5, 5.41) is 10.5. The van der Waals surface area contributed by atoms with Crippen LogP contribution in [0.15, 0.2) is 41.1 Å². The van der Waals surface area contributed by atoms with Gasteiger partial charge in [-0.05, 0) is 12.5 Å². The summed E-state index contributed by atoms with van der Waals surface area (Å²) in [6, 6.07) is 9.75. The zero-order chi connectivity index (χ0) is 14.7. The minimum absolute atomic E-state index is 0.317. The smallest absolute Gasteiger partial charge is 0.263 e. The topological polar surface area (TPSA) is 103 Å². The zero-order valence-corrected chi connectivity index (χ0v) is 11.5. The molecule has 3 aromatic rings. The molecule has 0 fully saturated rings. The van der Waals surface area contributed by atoms with Crippen molar-refractivity contribution in [1.29, 1.82) is 0 Å². The summed E-state index contributed by atoms with van der Waals surface area (Å²) in [5.41, 5.74) is 7.30. The molecule has 7 nitrogen and oxygen atoms in total. The van der Waals surface area contributed by atoms with Gasteiger partial charge in [0.25, 0.3) is 5.89 Å². The third-order valence-corrected chi connectivity index (χ3v) is 3.01. The molecule has 0 aliphatic carbocycles. The molecule has 0 spiro atoms. The highest BCUT2D eigenvalue weighted by molar-refractivity contribution is 5.65. The van der Waals surface area contributed by atoms with Gasteiger partial charge < -0.3 is 15.0 Å². The number of aromatic nitrogens is 4. The third kappa shape index (κ3) is 2.63. The van der Waals surface area contributed by atoms with Crippen LogP contribution in [-0.2, 0) is 4.74 Å². The number of ether oxygens (including phenoxy) is 1. The number of rotatable bonds is 5. The second-order valence-electron chi connectivity index (χ2n) is 4.40. The first-order valence-corrected chi connectivity index (χ1v) is 6.59. The molecule has 0 aliphatic heterocycles. The van der Waals surface area contributed by atoms with Crippen molar-refractivity contribution in [3.63, 3.8) is 0 Å². The molecule has 1 atom stereocenters. The van der Waals surface area contributed by atoms with Gasteiger partial charge in [0.1, 0.15) is 17.5 Å². The van der Waals surface area contributed by atoms with Crippen molar-refractivity contribution in [1.82, 2.24) is 20.3 Å². The number of hydrogen-bond donors (Lipinski definition) is 2. The van der Waals surface area contributed by atoms with Gasteiger partial charge in [-0.3, -0.25) is 5.10 Å². The van der Waals surface area contributed by atoms with E-state index in [2.05, 4.69) is 20.3 Å². The molecule has 0 bridgehead atoms. The van der Waals surface area contributed by atoms with Crippen LogP contribution in [0.5, 0.6) is 0 Å². The Balaban J connectivity index is 1.94. The molecule has 108 valence electrons. The lowest BCUT2D eigenvalue weighted by Crippen LogP contribution is -2.08. The van der Waals surface area contributed by atoms with Crippen molar-refractivity contribution in [3.05, 3.63) is 47.9 Å². The van der Waals surface area contributed by atoms with Gasteiger partial charge in [0.05, 0.1) is 6.20 Å². The van der Waals surface area contributed by atoms with E-state index in [1.807, 2.05) is 37.3 Å². The molecule has 1 aromatic carbocycles. The molecule has 1 unspecified atom stereocenters. The molecule has 0 saturated heterocycles. The van der Waals surface area contributed by atoms with Crippen molar-refractivity contribution in [2.45, 2.75) is 13.0 Å². The van der Waals surface area contributed by atoms with Crippen molar-refractivity contribution >= 4 is 5.82 Å². The first kappa shape index (κ1) is 13.3. The summed E-state index contributed by atoms with van der Waals surface area (Å²) in [6.07, 6.45) is 1.17. The van der Waals surface area contributed by atoms with Gasteiger partial charge in [0.2, 0.25) is 5.82 Å². The SMILES string of the molecule is CCOC(c1ccccc1)c1noc(-c2cn[nH]c2N)n1. The normalized spacial score (nSPS) is 12.4. The maximum Gasteiger partial charge on any atom is 0.263 e. The third-order valence-electron chi connectivity index (χ3n) is 3.01. The lowest BCUT2D eigenvalue weighted by atomic mass is 10.1. The monoisotopic (exact) mass is 285 g/mol. The number of anilines is 1. The van der Waals surface area contributed by atoms with Gasteiger partial charge in [-0.1, -0.05) is 35.5 Å². The van der Waals surface area contributed by atoms with E-state index in [1.54, 1.807) is 6.20 Å².